The first kappa shape index (κ1) is 17.3. The molecule has 0 bridgehead atoms. The number of hydrogen-bond donors (Lipinski definition) is 1. The zero-order valence-corrected chi connectivity index (χ0v) is 15.2. The summed E-state index contributed by atoms with van der Waals surface area (Å²) in [4.78, 5) is 12.5. The van der Waals surface area contributed by atoms with Gasteiger partial charge >= 0.3 is 5.56 Å². The number of hydrogen-bond acceptors (Lipinski definition) is 5. The molecule has 0 spiro atoms. The molecular weight excluding hydrogens is 352 g/mol. The number of aromatic amines is 1. The number of thiocarbonyl (C=S) groups is 1. The Hall–Kier alpha value is -2.51. The molecule has 0 saturated heterocycles. The zero-order valence-electron chi connectivity index (χ0n) is 13.5. The average Bonchev–Trinajstić information content (AvgIpc) is 2.94. The third kappa shape index (κ3) is 4.32. The highest BCUT2D eigenvalue weighted by Crippen LogP contribution is 2.19. The van der Waals surface area contributed by atoms with Crippen molar-refractivity contribution in [2.24, 2.45) is 10.2 Å². The van der Waals surface area contributed by atoms with E-state index in [1.165, 1.54) is 16.4 Å². The lowest BCUT2D eigenvalue weighted by Gasteiger charge is -2.03. The fourth-order valence-corrected chi connectivity index (χ4v) is 3.22. The molecular formula is C18H16N4OS2. The normalized spacial score (nSPS) is 11.1. The van der Waals surface area contributed by atoms with Crippen LogP contribution >= 0.6 is 24.0 Å². The van der Waals surface area contributed by atoms with Crippen molar-refractivity contribution in [3.63, 3.8) is 0 Å². The molecule has 126 valence electrons. The largest absolute Gasteiger partial charge is 0.300 e. The van der Waals surface area contributed by atoms with Gasteiger partial charge in [0.05, 0.1) is 11.4 Å². The van der Waals surface area contributed by atoms with E-state index in [0.717, 1.165) is 5.56 Å². The number of nitrogens with zero attached hydrogens (tertiary/aromatic N) is 3. The van der Waals surface area contributed by atoms with Crippen LogP contribution in [0.3, 0.4) is 0 Å². The Bertz CT molecular complexity index is 946. The minimum absolute atomic E-state index is 0.270. The van der Waals surface area contributed by atoms with Crippen LogP contribution < -0.4 is 5.56 Å². The second kappa shape index (κ2) is 8.04. The molecule has 0 fully saturated rings. The van der Waals surface area contributed by atoms with Gasteiger partial charge in [-0.05, 0) is 24.6 Å². The molecule has 0 aliphatic heterocycles. The van der Waals surface area contributed by atoms with Gasteiger partial charge in [0.1, 0.15) is 0 Å². The quantitative estimate of drug-likeness (QED) is 0.522. The third-order valence-electron chi connectivity index (χ3n) is 3.45. The topological polar surface area (TPSA) is 62.5 Å². The number of H-pyrrole nitrogens is 1. The van der Waals surface area contributed by atoms with Gasteiger partial charge in [0.15, 0.2) is 10.0 Å². The van der Waals surface area contributed by atoms with Crippen LogP contribution in [0, 0.1) is 6.92 Å². The highest BCUT2D eigenvalue weighted by molar-refractivity contribution is 8.22. The summed E-state index contributed by atoms with van der Waals surface area (Å²) in [5.74, 6) is 0.699. The van der Waals surface area contributed by atoms with Crippen molar-refractivity contribution in [2.45, 2.75) is 12.7 Å². The van der Waals surface area contributed by atoms with Crippen molar-refractivity contribution in [3.05, 3.63) is 82.3 Å². The van der Waals surface area contributed by atoms with Crippen LogP contribution in [0.1, 0.15) is 11.3 Å². The minimum atomic E-state index is -0.289. The molecule has 3 rings (SSSR count). The Labute approximate surface area is 154 Å². The second-order valence-corrected chi connectivity index (χ2v) is 6.91. The molecule has 25 heavy (non-hydrogen) atoms. The van der Waals surface area contributed by atoms with E-state index in [2.05, 4.69) is 15.3 Å². The highest BCUT2D eigenvalue weighted by Gasteiger charge is 2.14. The van der Waals surface area contributed by atoms with E-state index in [-0.39, 0.29) is 11.2 Å². The summed E-state index contributed by atoms with van der Waals surface area (Å²) in [5, 5.41) is 11.2. The van der Waals surface area contributed by atoms with Gasteiger partial charge in [-0.2, -0.15) is 5.11 Å². The van der Waals surface area contributed by atoms with E-state index >= 15 is 0 Å². The molecule has 0 radical (unpaired) electrons. The monoisotopic (exact) mass is 368 g/mol. The summed E-state index contributed by atoms with van der Waals surface area (Å²) in [7, 11) is 0. The molecule has 0 atom stereocenters. The van der Waals surface area contributed by atoms with Crippen LogP contribution in [0.2, 0.25) is 0 Å². The lowest BCUT2D eigenvalue weighted by atomic mass is 10.2. The molecule has 1 heterocycles. The van der Waals surface area contributed by atoms with E-state index in [9.17, 15) is 4.79 Å². The van der Waals surface area contributed by atoms with Crippen LogP contribution in [-0.4, -0.2) is 14.1 Å². The maximum Gasteiger partial charge on any atom is 0.300 e. The van der Waals surface area contributed by atoms with Crippen molar-refractivity contribution in [1.29, 1.82) is 0 Å². The molecule has 3 aromatic rings. The SMILES string of the molecule is Cc1[nH]n(C(=S)SCc2ccccc2)c(=O)c1N=Nc1ccccc1. The molecule has 1 aromatic heterocycles. The number of nitrogens with one attached hydrogen (secondary N) is 1. The van der Waals surface area contributed by atoms with Gasteiger partial charge in [0, 0.05) is 5.75 Å². The van der Waals surface area contributed by atoms with Crippen LogP contribution in [0.4, 0.5) is 11.4 Å². The van der Waals surface area contributed by atoms with E-state index in [1.807, 2.05) is 60.7 Å². The lowest BCUT2D eigenvalue weighted by molar-refractivity contribution is 0.909. The number of azo groups is 1. The molecule has 0 aliphatic carbocycles. The van der Waals surface area contributed by atoms with Gasteiger partial charge in [0.25, 0.3) is 0 Å². The van der Waals surface area contributed by atoms with Gasteiger partial charge in [-0.3, -0.25) is 9.89 Å². The first-order valence-electron chi connectivity index (χ1n) is 7.64. The van der Waals surface area contributed by atoms with Crippen molar-refractivity contribution in [2.75, 3.05) is 0 Å². The summed E-state index contributed by atoms with van der Waals surface area (Å²) in [5.41, 5.74) is 2.45. The Morgan fingerprint density at radius 1 is 1.08 bits per heavy atom. The van der Waals surface area contributed by atoms with E-state index in [1.54, 1.807) is 6.92 Å². The van der Waals surface area contributed by atoms with Crippen molar-refractivity contribution >= 4 is 39.7 Å². The van der Waals surface area contributed by atoms with Gasteiger partial charge in [-0.1, -0.05) is 72.5 Å². The number of rotatable bonds is 4. The average molecular weight is 368 g/mol. The molecule has 0 amide bonds. The molecule has 0 saturated carbocycles. The molecule has 2 aromatic carbocycles. The van der Waals surface area contributed by atoms with E-state index < -0.39 is 0 Å². The Kier molecular flexibility index (Phi) is 5.57. The maximum atomic E-state index is 12.5. The second-order valence-electron chi connectivity index (χ2n) is 5.30. The van der Waals surface area contributed by atoms with Gasteiger partial charge in [-0.15, -0.1) is 5.11 Å². The first-order chi connectivity index (χ1) is 12.1. The predicted molar refractivity (Wildman–Crippen MR) is 106 cm³/mol. The summed E-state index contributed by atoms with van der Waals surface area (Å²) in [6, 6.07) is 19.3. The maximum absolute atomic E-state index is 12.5. The minimum Gasteiger partial charge on any atom is -0.292 e. The summed E-state index contributed by atoms with van der Waals surface area (Å²) < 4.78 is 1.80. The number of aryl methyl sites for hydroxylation is 1. The Morgan fingerprint density at radius 2 is 1.72 bits per heavy atom. The fraction of sp³-hybridized carbons (Fsp3) is 0.111. The molecule has 5 nitrogen and oxygen atoms in total. The van der Waals surface area contributed by atoms with Crippen LogP contribution in [0.25, 0.3) is 0 Å². The summed E-state index contributed by atoms with van der Waals surface area (Å²) in [6.07, 6.45) is 0. The predicted octanol–water partition coefficient (Wildman–Crippen LogP) is 4.97. The molecule has 0 unspecified atom stereocenters. The third-order valence-corrected chi connectivity index (χ3v) is 4.89. The molecule has 1 N–H and O–H groups in total. The smallest absolute Gasteiger partial charge is 0.292 e. The van der Waals surface area contributed by atoms with Crippen molar-refractivity contribution in [3.8, 4) is 0 Å². The number of benzene rings is 2. The highest BCUT2D eigenvalue weighted by atomic mass is 32.2. The van der Waals surface area contributed by atoms with E-state index in [4.69, 9.17) is 12.2 Å². The van der Waals surface area contributed by atoms with Crippen molar-refractivity contribution in [1.82, 2.24) is 9.78 Å². The summed E-state index contributed by atoms with van der Waals surface area (Å²) >= 11 is 6.80. The van der Waals surface area contributed by atoms with E-state index in [0.29, 0.717) is 21.5 Å². The standard InChI is InChI=1S/C18H16N4OS2/c1-13-16(20-19-15-10-6-3-7-11-15)17(23)22(21-13)18(24)25-12-14-8-4-2-5-9-14/h2-11,21H,12H2,1H3. The summed E-state index contributed by atoms with van der Waals surface area (Å²) in [6.45, 7) is 1.78. The van der Waals surface area contributed by atoms with Gasteiger partial charge in [-0.25, -0.2) is 4.68 Å². The van der Waals surface area contributed by atoms with Crippen LogP contribution in [-0.2, 0) is 5.75 Å². The lowest BCUT2D eigenvalue weighted by Crippen LogP contribution is -2.21. The Morgan fingerprint density at radius 3 is 2.40 bits per heavy atom. The number of thioether (sulfide) groups is 1. The fourth-order valence-electron chi connectivity index (χ4n) is 2.17. The first-order valence-corrected chi connectivity index (χ1v) is 9.04. The zero-order chi connectivity index (χ0) is 17.6. The van der Waals surface area contributed by atoms with Crippen LogP contribution in [0.15, 0.2) is 75.7 Å². The molecule has 7 heteroatoms. The number of aromatic nitrogens is 2. The van der Waals surface area contributed by atoms with Gasteiger partial charge in [0.2, 0.25) is 0 Å². The van der Waals surface area contributed by atoms with Crippen molar-refractivity contribution < 1.29 is 0 Å². The van der Waals surface area contributed by atoms with Gasteiger partial charge < -0.3 is 0 Å². The Balaban J connectivity index is 1.76. The molecule has 0 aliphatic rings. The van der Waals surface area contributed by atoms with Crippen LogP contribution in [0.5, 0.6) is 0 Å².